The fraction of sp³-hybridized carbons (Fsp3) is 0.350. The van der Waals surface area contributed by atoms with E-state index in [1.165, 1.54) is 7.11 Å². The van der Waals surface area contributed by atoms with Gasteiger partial charge in [-0.1, -0.05) is 30.3 Å². The molecular formula is C20H25NO4. The van der Waals surface area contributed by atoms with E-state index in [9.17, 15) is 4.79 Å². The molecule has 0 radical (unpaired) electrons. The van der Waals surface area contributed by atoms with Crippen LogP contribution < -0.4 is 9.47 Å². The third-order valence-corrected chi connectivity index (χ3v) is 4.24. The van der Waals surface area contributed by atoms with Crippen molar-refractivity contribution in [2.45, 2.75) is 19.5 Å². The largest absolute Gasteiger partial charge is 0.493 e. The minimum absolute atomic E-state index is 0.285. The minimum Gasteiger partial charge on any atom is -0.493 e. The molecule has 0 spiro atoms. The molecule has 0 aliphatic heterocycles. The van der Waals surface area contributed by atoms with Crippen molar-refractivity contribution in [3.8, 4) is 11.5 Å². The van der Waals surface area contributed by atoms with Crippen molar-refractivity contribution in [3.63, 3.8) is 0 Å². The predicted molar refractivity (Wildman–Crippen MR) is 96.9 cm³/mol. The quantitative estimate of drug-likeness (QED) is 0.722. The van der Waals surface area contributed by atoms with E-state index in [2.05, 4.69) is 0 Å². The molecule has 5 nitrogen and oxygen atoms in total. The van der Waals surface area contributed by atoms with Gasteiger partial charge in [0.2, 0.25) is 0 Å². The van der Waals surface area contributed by atoms with Gasteiger partial charge in [-0.25, -0.2) is 4.79 Å². The van der Waals surface area contributed by atoms with Crippen LogP contribution in [0.2, 0.25) is 0 Å². The van der Waals surface area contributed by atoms with Crippen LogP contribution >= 0.6 is 0 Å². The maximum atomic E-state index is 12.3. The van der Waals surface area contributed by atoms with Gasteiger partial charge >= 0.3 is 5.97 Å². The van der Waals surface area contributed by atoms with Crippen molar-refractivity contribution in [1.82, 2.24) is 4.90 Å². The Morgan fingerprint density at radius 2 is 1.64 bits per heavy atom. The Morgan fingerprint density at radius 1 is 1.04 bits per heavy atom. The molecule has 0 fully saturated rings. The molecule has 0 N–H and O–H groups in total. The zero-order valence-electron chi connectivity index (χ0n) is 15.4. The number of carbonyl (C=O) groups excluding carboxylic acids is 1. The number of hydrogen-bond donors (Lipinski definition) is 0. The molecule has 0 unspecified atom stereocenters. The van der Waals surface area contributed by atoms with Crippen LogP contribution in [0.5, 0.6) is 11.5 Å². The van der Waals surface area contributed by atoms with Crippen LogP contribution in [-0.2, 0) is 16.1 Å². The SMILES string of the molecule is COC(=O)[C@H](c1ccccc1)N(C)Cc1cc(OC)c(OC)cc1C. The van der Waals surface area contributed by atoms with Crippen molar-refractivity contribution in [3.05, 3.63) is 59.2 Å². The highest BCUT2D eigenvalue weighted by Gasteiger charge is 2.26. The molecular weight excluding hydrogens is 318 g/mol. The maximum Gasteiger partial charge on any atom is 0.327 e. The van der Waals surface area contributed by atoms with E-state index in [0.717, 1.165) is 16.7 Å². The van der Waals surface area contributed by atoms with Crippen LogP contribution in [0, 0.1) is 6.92 Å². The Bertz CT molecular complexity index is 715. The highest BCUT2D eigenvalue weighted by molar-refractivity contribution is 5.77. The lowest BCUT2D eigenvalue weighted by Gasteiger charge is -2.27. The number of carbonyl (C=O) groups is 1. The Hall–Kier alpha value is -2.53. The average molecular weight is 343 g/mol. The van der Waals surface area contributed by atoms with Crippen LogP contribution in [0.4, 0.5) is 0 Å². The van der Waals surface area contributed by atoms with Gasteiger partial charge in [-0.05, 0) is 42.8 Å². The summed E-state index contributed by atoms with van der Waals surface area (Å²) in [6.45, 7) is 2.58. The second-order valence-electron chi connectivity index (χ2n) is 5.89. The van der Waals surface area contributed by atoms with E-state index in [1.54, 1.807) is 14.2 Å². The van der Waals surface area contributed by atoms with Crippen LogP contribution in [-0.4, -0.2) is 39.2 Å². The standard InChI is InChI=1S/C20H25NO4/c1-14-11-17(23-3)18(24-4)12-16(14)13-21(2)19(20(22)25-5)15-9-7-6-8-10-15/h6-12,19H,13H2,1-5H3/t19-/m0/s1. The van der Waals surface area contributed by atoms with Crippen molar-refractivity contribution in [2.24, 2.45) is 0 Å². The number of nitrogens with zero attached hydrogens (tertiary/aromatic N) is 1. The summed E-state index contributed by atoms with van der Waals surface area (Å²) in [5.41, 5.74) is 3.03. The summed E-state index contributed by atoms with van der Waals surface area (Å²) in [6, 6.07) is 13.0. The van der Waals surface area contributed by atoms with E-state index >= 15 is 0 Å². The van der Waals surface area contributed by atoms with Crippen molar-refractivity contribution < 1.29 is 19.0 Å². The smallest absolute Gasteiger partial charge is 0.327 e. The molecule has 0 bridgehead atoms. The lowest BCUT2D eigenvalue weighted by molar-refractivity contribution is -0.147. The highest BCUT2D eigenvalue weighted by Crippen LogP contribution is 2.32. The van der Waals surface area contributed by atoms with E-state index in [1.807, 2.05) is 61.3 Å². The van der Waals surface area contributed by atoms with Crippen LogP contribution in [0.3, 0.4) is 0 Å². The van der Waals surface area contributed by atoms with Crippen LogP contribution in [0.15, 0.2) is 42.5 Å². The summed E-state index contributed by atoms with van der Waals surface area (Å²) in [5.74, 6) is 1.08. The molecule has 5 heteroatoms. The molecule has 0 amide bonds. The first-order chi connectivity index (χ1) is 12.0. The van der Waals surface area contributed by atoms with Crippen LogP contribution in [0.1, 0.15) is 22.7 Å². The number of benzene rings is 2. The summed E-state index contributed by atoms with van der Waals surface area (Å²) >= 11 is 0. The molecule has 134 valence electrons. The molecule has 0 saturated heterocycles. The highest BCUT2D eigenvalue weighted by atomic mass is 16.5. The van der Waals surface area contributed by atoms with Crippen molar-refractivity contribution in [1.29, 1.82) is 0 Å². The molecule has 1 atom stereocenters. The average Bonchev–Trinajstić information content (AvgIpc) is 2.63. The molecule has 2 aromatic rings. The third-order valence-electron chi connectivity index (χ3n) is 4.24. The Kier molecular flexibility index (Phi) is 6.42. The van der Waals surface area contributed by atoms with Gasteiger partial charge in [0.05, 0.1) is 21.3 Å². The third kappa shape index (κ3) is 4.31. The minimum atomic E-state index is -0.473. The summed E-state index contributed by atoms with van der Waals surface area (Å²) in [5, 5.41) is 0. The first-order valence-corrected chi connectivity index (χ1v) is 8.06. The van der Waals surface area contributed by atoms with E-state index in [-0.39, 0.29) is 5.97 Å². The number of hydrogen-bond acceptors (Lipinski definition) is 5. The Morgan fingerprint density at radius 3 is 2.20 bits per heavy atom. The number of aryl methyl sites for hydroxylation is 1. The number of methoxy groups -OCH3 is 3. The number of likely N-dealkylation sites (N-methyl/N-ethyl adjacent to an activating group) is 1. The topological polar surface area (TPSA) is 48.0 Å². The summed E-state index contributed by atoms with van der Waals surface area (Å²) in [7, 11) is 6.55. The van der Waals surface area contributed by atoms with E-state index in [0.29, 0.717) is 18.0 Å². The summed E-state index contributed by atoms with van der Waals surface area (Å²) in [4.78, 5) is 14.3. The van der Waals surface area contributed by atoms with Gasteiger partial charge < -0.3 is 14.2 Å². The van der Waals surface area contributed by atoms with Crippen LogP contribution in [0.25, 0.3) is 0 Å². The zero-order chi connectivity index (χ0) is 18.4. The molecule has 0 saturated carbocycles. The number of esters is 1. The fourth-order valence-corrected chi connectivity index (χ4v) is 2.87. The van der Waals surface area contributed by atoms with Gasteiger partial charge in [0, 0.05) is 6.54 Å². The molecule has 0 heterocycles. The molecule has 0 aliphatic rings. The van der Waals surface area contributed by atoms with Gasteiger partial charge in [0.25, 0.3) is 0 Å². The zero-order valence-corrected chi connectivity index (χ0v) is 15.4. The first-order valence-electron chi connectivity index (χ1n) is 8.06. The molecule has 0 aromatic heterocycles. The van der Waals surface area contributed by atoms with Gasteiger partial charge in [-0.3, -0.25) is 4.90 Å². The fourth-order valence-electron chi connectivity index (χ4n) is 2.87. The number of rotatable bonds is 7. The summed E-state index contributed by atoms with van der Waals surface area (Å²) in [6.07, 6.45) is 0. The van der Waals surface area contributed by atoms with Crippen molar-refractivity contribution in [2.75, 3.05) is 28.4 Å². The molecule has 2 aromatic carbocycles. The number of ether oxygens (including phenoxy) is 3. The second kappa shape index (κ2) is 8.53. The predicted octanol–water partition coefficient (Wildman–Crippen LogP) is 3.36. The molecule has 2 rings (SSSR count). The Labute approximate surface area is 149 Å². The van der Waals surface area contributed by atoms with Crippen molar-refractivity contribution >= 4 is 5.97 Å². The normalized spacial score (nSPS) is 11.9. The lowest BCUT2D eigenvalue weighted by Crippen LogP contribution is -2.31. The molecule has 0 aliphatic carbocycles. The monoisotopic (exact) mass is 343 g/mol. The van der Waals surface area contributed by atoms with Gasteiger partial charge in [0.15, 0.2) is 11.5 Å². The van der Waals surface area contributed by atoms with Gasteiger partial charge in [0.1, 0.15) is 6.04 Å². The van der Waals surface area contributed by atoms with E-state index in [4.69, 9.17) is 14.2 Å². The Balaban J connectivity index is 2.32. The first kappa shape index (κ1) is 18.8. The lowest BCUT2D eigenvalue weighted by atomic mass is 10.0. The second-order valence-corrected chi connectivity index (χ2v) is 5.89. The summed E-state index contributed by atoms with van der Waals surface area (Å²) < 4.78 is 15.7. The maximum absolute atomic E-state index is 12.3. The van der Waals surface area contributed by atoms with E-state index < -0.39 is 6.04 Å². The molecule has 25 heavy (non-hydrogen) atoms. The van der Waals surface area contributed by atoms with Gasteiger partial charge in [-0.15, -0.1) is 0 Å². The van der Waals surface area contributed by atoms with Gasteiger partial charge in [-0.2, -0.15) is 0 Å².